The lowest BCUT2D eigenvalue weighted by molar-refractivity contribution is 0.320. The number of aromatic nitrogens is 1. The Morgan fingerprint density at radius 3 is 3.00 bits per heavy atom. The van der Waals surface area contributed by atoms with Gasteiger partial charge < -0.3 is 10.5 Å². The summed E-state index contributed by atoms with van der Waals surface area (Å²) in [4.78, 5) is 4.38. The minimum atomic E-state index is 0.511. The minimum Gasteiger partial charge on any atom is -0.493 e. The maximum absolute atomic E-state index is 5.64. The van der Waals surface area contributed by atoms with Crippen molar-refractivity contribution in [2.24, 2.45) is 5.73 Å². The number of ether oxygens (including phenoxy) is 1. The van der Waals surface area contributed by atoms with E-state index < -0.39 is 0 Å². The van der Waals surface area contributed by atoms with Crippen LogP contribution in [0.5, 0.6) is 5.75 Å². The first-order valence-electron chi connectivity index (χ1n) is 5.29. The highest BCUT2D eigenvalue weighted by molar-refractivity contribution is 9.10. The highest BCUT2D eigenvalue weighted by Crippen LogP contribution is 2.18. The molecule has 0 atom stereocenters. The van der Waals surface area contributed by atoms with Crippen molar-refractivity contribution in [1.29, 1.82) is 0 Å². The summed E-state index contributed by atoms with van der Waals surface area (Å²) in [6.07, 6.45) is 0.809. The third kappa shape index (κ3) is 3.80. The van der Waals surface area contributed by atoms with Crippen molar-refractivity contribution in [2.75, 3.05) is 6.61 Å². The van der Waals surface area contributed by atoms with Crippen molar-refractivity contribution in [1.82, 2.24) is 4.98 Å². The molecule has 0 saturated carbocycles. The van der Waals surface area contributed by atoms with Gasteiger partial charge in [-0.3, -0.25) is 0 Å². The third-order valence-corrected chi connectivity index (χ3v) is 3.61. The van der Waals surface area contributed by atoms with Crippen LogP contribution in [0.3, 0.4) is 0 Å². The second kappa shape index (κ2) is 6.14. The Morgan fingerprint density at radius 1 is 1.41 bits per heavy atom. The van der Waals surface area contributed by atoms with E-state index in [9.17, 15) is 0 Å². The number of nitrogens with two attached hydrogens (primary N) is 1. The smallest absolute Gasteiger partial charge is 0.120 e. The van der Waals surface area contributed by atoms with Gasteiger partial charge in [-0.05, 0) is 18.2 Å². The molecule has 0 unspecified atom stereocenters. The lowest BCUT2D eigenvalue weighted by atomic mass is 10.3. The standard InChI is InChI=1S/C12H13BrN2OS/c13-9-2-1-3-11(6-9)16-5-4-10-8-17-12(7-14)15-10/h1-3,6,8H,4-5,7,14H2. The Morgan fingerprint density at radius 2 is 2.29 bits per heavy atom. The van der Waals surface area contributed by atoms with E-state index in [1.165, 1.54) is 0 Å². The normalized spacial score (nSPS) is 10.5. The van der Waals surface area contributed by atoms with Gasteiger partial charge in [0.1, 0.15) is 10.8 Å². The van der Waals surface area contributed by atoms with E-state index in [-0.39, 0.29) is 0 Å². The molecule has 17 heavy (non-hydrogen) atoms. The molecule has 0 amide bonds. The van der Waals surface area contributed by atoms with Crippen LogP contribution >= 0.6 is 27.3 Å². The van der Waals surface area contributed by atoms with Gasteiger partial charge in [0, 0.05) is 22.8 Å². The van der Waals surface area contributed by atoms with Crippen molar-refractivity contribution in [3.05, 3.63) is 44.8 Å². The first-order chi connectivity index (χ1) is 8.28. The molecular weight excluding hydrogens is 300 g/mol. The number of halogens is 1. The van der Waals surface area contributed by atoms with E-state index in [1.807, 2.05) is 29.6 Å². The molecule has 2 N–H and O–H groups in total. The van der Waals surface area contributed by atoms with Crippen molar-refractivity contribution in [3.63, 3.8) is 0 Å². The van der Waals surface area contributed by atoms with Crippen molar-refractivity contribution >= 4 is 27.3 Å². The van der Waals surface area contributed by atoms with Gasteiger partial charge >= 0.3 is 0 Å². The Hall–Kier alpha value is -0.910. The van der Waals surface area contributed by atoms with E-state index in [2.05, 4.69) is 20.9 Å². The lowest BCUT2D eigenvalue weighted by Crippen LogP contribution is -2.02. The van der Waals surface area contributed by atoms with Crippen LogP contribution in [-0.4, -0.2) is 11.6 Å². The zero-order chi connectivity index (χ0) is 12.1. The molecule has 2 rings (SSSR count). The van der Waals surface area contributed by atoms with Crippen LogP contribution in [0.4, 0.5) is 0 Å². The summed E-state index contributed by atoms with van der Waals surface area (Å²) < 4.78 is 6.66. The molecule has 0 spiro atoms. The van der Waals surface area contributed by atoms with Gasteiger partial charge in [-0.25, -0.2) is 4.98 Å². The number of nitrogens with zero attached hydrogens (tertiary/aromatic N) is 1. The average Bonchev–Trinajstić information content (AvgIpc) is 2.77. The first-order valence-corrected chi connectivity index (χ1v) is 6.97. The predicted molar refractivity (Wildman–Crippen MR) is 73.3 cm³/mol. The lowest BCUT2D eigenvalue weighted by Gasteiger charge is -2.04. The van der Waals surface area contributed by atoms with Gasteiger partial charge in [0.15, 0.2) is 0 Å². The summed E-state index contributed by atoms with van der Waals surface area (Å²) in [5.74, 6) is 0.869. The monoisotopic (exact) mass is 312 g/mol. The summed E-state index contributed by atoms with van der Waals surface area (Å²) in [5.41, 5.74) is 6.56. The Kier molecular flexibility index (Phi) is 4.53. The average molecular weight is 313 g/mol. The van der Waals surface area contributed by atoms with Gasteiger partial charge in [0.2, 0.25) is 0 Å². The Bertz CT molecular complexity index is 487. The van der Waals surface area contributed by atoms with Crippen molar-refractivity contribution in [2.45, 2.75) is 13.0 Å². The van der Waals surface area contributed by atoms with Gasteiger partial charge in [-0.2, -0.15) is 0 Å². The first kappa shape index (κ1) is 12.5. The molecule has 90 valence electrons. The van der Waals surface area contributed by atoms with Crippen LogP contribution in [-0.2, 0) is 13.0 Å². The van der Waals surface area contributed by atoms with Gasteiger partial charge in [-0.1, -0.05) is 22.0 Å². The number of benzene rings is 1. The molecule has 5 heteroatoms. The molecule has 2 aromatic rings. The maximum Gasteiger partial charge on any atom is 0.120 e. The van der Waals surface area contributed by atoms with E-state index in [1.54, 1.807) is 11.3 Å². The summed E-state index contributed by atoms with van der Waals surface area (Å²) in [7, 11) is 0. The fraction of sp³-hybridized carbons (Fsp3) is 0.250. The van der Waals surface area contributed by atoms with E-state index in [0.717, 1.165) is 27.3 Å². The number of hydrogen-bond donors (Lipinski definition) is 1. The molecule has 1 aromatic carbocycles. The quantitative estimate of drug-likeness (QED) is 0.923. The Labute approximate surface area is 113 Å². The van der Waals surface area contributed by atoms with Crippen molar-refractivity contribution < 1.29 is 4.74 Å². The molecule has 1 aromatic heterocycles. The molecular formula is C12H13BrN2OS. The second-order valence-electron chi connectivity index (χ2n) is 3.49. The SMILES string of the molecule is NCc1nc(CCOc2cccc(Br)c2)cs1. The largest absolute Gasteiger partial charge is 0.493 e. The second-order valence-corrected chi connectivity index (χ2v) is 5.35. The molecule has 0 aliphatic rings. The fourth-order valence-electron chi connectivity index (χ4n) is 1.39. The molecule has 1 heterocycles. The van der Waals surface area contributed by atoms with Crippen molar-refractivity contribution in [3.8, 4) is 5.75 Å². The molecule has 0 radical (unpaired) electrons. The van der Waals surface area contributed by atoms with Crippen LogP contribution in [0.25, 0.3) is 0 Å². The van der Waals surface area contributed by atoms with E-state index >= 15 is 0 Å². The highest BCUT2D eigenvalue weighted by Gasteiger charge is 2.01. The molecule has 0 saturated heterocycles. The molecule has 0 aliphatic carbocycles. The van der Waals surface area contributed by atoms with Gasteiger partial charge in [0.05, 0.1) is 12.3 Å². The van der Waals surface area contributed by atoms with E-state index in [0.29, 0.717) is 13.2 Å². The summed E-state index contributed by atoms with van der Waals surface area (Å²) in [6.45, 7) is 1.14. The molecule has 0 fully saturated rings. The summed E-state index contributed by atoms with van der Waals surface area (Å²) in [5, 5.41) is 3.01. The molecule has 3 nitrogen and oxygen atoms in total. The van der Waals surface area contributed by atoms with Gasteiger partial charge in [-0.15, -0.1) is 11.3 Å². The van der Waals surface area contributed by atoms with Crippen LogP contribution < -0.4 is 10.5 Å². The number of thiazole rings is 1. The van der Waals surface area contributed by atoms with Gasteiger partial charge in [0.25, 0.3) is 0 Å². The van der Waals surface area contributed by atoms with Crippen LogP contribution in [0.15, 0.2) is 34.1 Å². The fourth-order valence-corrected chi connectivity index (χ4v) is 2.47. The number of hydrogen-bond acceptors (Lipinski definition) is 4. The van der Waals surface area contributed by atoms with Crippen LogP contribution in [0.2, 0.25) is 0 Å². The zero-order valence-electron chi connectivity index (χ0n) is 9.23. The Balaban J connectivity index is 1.83. The molecule has 0 aliphatic heterocycles. The zero-order valence-corrected chi connectivity index (χ0v) is 11.6. The highest BCUT2D eigenvalue weighted by atomic mass is 79.9. The third-order valence-electron chi connectivity index (χ3n) is 2.20. The topological polar surface area (TPSA) is 48.1 Å². The minimum absolute atomic E-state index is 0.511. The summed E-state index contributed by atoms with van der Waals surface area (Å²) in [6, 6.07) is 7.82. The predicted octanol–water partition coefficient (Wildman–Crippen LogP) is 2.99. The molecule has 0 bridgehead atoms. The van der Waals surface area contributed by atoms with Crippen LogP contribution in [0, 0.1) is 0 Å². The summed E-state index contributed by atoms with van der Waals surface area (Å²) >= 11 is 5.01. The van der Waals surface area contributed by atoms with Crippen LogP contribution in [0.1, 0.15) is 10.7 Å². The number of rotatable bonds is 5. The van der Waals surface area contributed by atoms with E-state index in [4.69, 9.17) is 10.5 Å². The maximum atomic E-state index is 5.64.